The van der Waals surface area contributed by atoms with Crippen LogP contribution in [-0.2, 0) is 0 Å². The van der Waals surface area contributed by atoms with Crippen molar-refractivity contribution in [3.8, 4) is 5.75 Å². The van der Waals surface area contributed by atoms with Crippen LogP contribution in [0.2, 0.25) is 5.02 Å². The van der Waals surface area contributed by atoms with Crippen LogP contribution in [0.25, 0.3) is 10.1 Å². The molecule has 0 saturated carbocycles. The molecule has 0 unspecified atom stereocenters. The van der Waals surface area contributed by atoms with Crippen LogP contribution in [0.4, 0.5) is 0 Å². The fourth-order valence-corrected chi connectivity index (χ4v) is 3.02. The van der Waals surface area contributed by atoms with Crippen molar-refractivity contribution in [2.24, 2.45) is 0 Å². The Morgan fingerprint density at radius 1 is 1.57 bits per heavy atom. The number of rotatable bonds is 2. The molecule has 14 heavy (non-hydrogen) atoms. The highest BCUT2D eigenvalue weighted by Gasteiger charge is 2.10. The standard InChI is InChI=1S/C10H8BrClOS/c1-2-13-8-5-7(12)9(11)10-6(8)3-4-14-10/h3-5H,2H2,1H3. The number of hydrogen-bond acceptors (Lipinski definition) is 2. The maximum Gasteiger partial charge on any atom is 0.129 e. The van der Waals surface area contributed by atoms with E-state index >= 15 is 0 Å². The van der Waals surface area contributed by atoms with Crippen molar-refractivity contribution < 1.29 is 4.74 Å². The Kier molecular flexibility index (Phi) is 3.00. The first-order valence-corrected chi connectivity index (χ1v) is 6.27. The third-order valence-corrected chi connectivity index (χ3v) is 4.44. The number of hydrogen-bond donors (Lipinski definition) is 0. The lowest BCUT2D eigenvalue weighted by Crippen LogP contribution is -1.91. The fraction of sp³-hybridized carbons (Fsp3) is 0.200. The highest BCUT2D eigenvalue weighted by molar-refractivity contribution is 9.10. The summed E-state index contributed by atoms with van der Waals surface area (Å²) in [7, 11) is 0. The average molecular weight is 292 g/mol. The summed E-state index contributed by atoms with van der Waals surface area (Å²) in [4.78, 5) is 0. The van der Waals surface area contributed by atoms with Gasteiger partial charge in [-0.25, -0.2) is 0 Å². The summed E-state index contributed by atoms with van der Waals surface area (Å²) < 4.78 is 7.61. The van der Waals surface area contributed by atoms with Gasteiger partial charge < -0.3 is 4.74 Å². The molecule has 0 atom stereocenters. The van der Waals surface area contributed by atoms with Crippen LogP contribution in [0.3, 0.4) is 0 Å². The number of fused-ring (bicyclic) bond motifs is 1. The Balaban J connectivity index is 2.71. The van der Waals surface area contributed by atoms with E-state index in [4.69, 9.17) is 16.3 Å². The zero-order chi connectivity index (χ0) is 10.1. The minimum atomic E-state index is 0.656. The van der Waals surface area contributed by atoms with Gasteiger partial charge in [0.25, 0.3) is 0 Å². The maximum atomic E-state index is 6.07. The lowest BCUT2D eigenvalue weighted by molar-refractivity contribution is 0.344. The third kappa shape index (κ3) is 1.64. The van der Waals surface area contributed by atoms with Gasteiger partial charge in [0, 0.05) is 11.5 Å². The molecule has 0 aliphatic rings. The molecule has 0 fully saturated rings. The van der Waals surface area contributed by atoms with E-state index in [-0.39, 0.29) is 0 Å². The SMILES string of the molecule is CCOc1cc(Cl)c(Br)c2sccc12. The Hall–Kier alpha value is -0.250. The Morgan fingerprint density at radius 3 is 3.07 bits per heavy atom. The second-order valence-corrected chi connectivity index (χ2v) is 4.88. The first-order chi connectivity index (χ1) is 6.74. The molecule has 0 saturated heterocycles. The fourth-order valence-electron chi connectivity index (χ4n) is 1.31. The Morgan fingerprint density at radius 2 is 2.36 bits per heavy atom. The summed E-state index contributed by atoms with van der Waals surface area (Å²) in [5, 5.41) is 3.85. The van der Waals surface area contributed by atoms with E-state index in [9.17, 15) is 0 Å². The number of benzene rings is 1. The largest absolute Gasteiger partial charge is 0.493 e. The molecule has 0 aliphatic carbocycles. The normalized spacial score (nSPS) is 10.8. The van der Waals surface area contributed by atoms with E-state index in [0.717, 1.165) is 20.3 Å². The molecule has 74 valence electrons. The smallest absolute Gasteiger partial charge is 0.129 e. The summed E-state index contributed by atoms with van der Waals surface area (Å²) in [5.74, 6) is 0.858. The van der Waals surface area contributed by atoms with Crippen molar-refractivity contribution in [1.29, 1.82) is 0 Å². The highest BCUT2D eigenvalue weighted by Crippen LogP contribution is 2.40. The van der Waals surface area contributed by atoms with Crippen molar-refractivity contribution in [2.45, 2.75) is 6.92 Å². The van der Waals surface area contributed by atoms with Crippen LogP contribution in [0.15, 0.2) is 22.0 Å². The average Bonchev–Trinajstić information content (AvgIpc) is 2.63. The molecule has 2 rings (SSSR count). The summed E-state index contributed by atoms with van der Waals surface area (Å²) in [5.41, 5.74) is 0. The molecule has 1 aromatic carbocycles. The van der Waals surface area contributed by atoms with Crippen LogP contribution in [0.1, 0.15) is 6.92 Å². The molecule has 1 nitrogen and oxygen atoms in total. The number of ether oxygens (including phenoxy) is 1. The van der Waals surface area contributed by atoms with Gasteiger partial charge in [-0.15, -0.1) is 11.3 Å². The van der Waals surface area contributed by atoms with Crippen molar-refractivity contribution >= 4 is 49.0 Å². The molecule has 1 aromatic heterocycles. The lowest BCUT2D eigenvalue weighted by atomic mass is 10.2. The molecule has 4 heteroatoms. The molecular formula is C10H8BrClOS. The first-order valence-electron chi connectivity index (χ1n) is 4.22. The quantitative estimate of drug-likeness (QED) is 0.778. The van der Waals surface area contributed by atoms with E-state index in [1.165, 1.54) is 0 Å². The molecule has 0 N–H and O–H groups in total. The van der Waals surface area contributed by atoms with E-state index in [1.54, 1.807) is 11.3 Å². The third-order valence-electron chi connectivity index (χ3n) is 1.90. The predicted octanol–water partition coefficient (Wildman–Crippen LogP) is 4.72. The minimum Gasteiger partial charge on any atom is -0.493 e. The van der Waals surface area contributed by atoms with Gasteiger partial charge in [0.1, 0.15) is 5.75 Å². The second kappa shape index (κ2) is 4.09. The van der Waals surface area contributed by atoms with Crippen molar-refractivity contribution in [2.75, 3.05) is 6.61 Å². The van der Waals surface area contributed by atoms with E-state index in [1.807, 2.05) is 24.4 Å². The minimum absolute atomic E-state index is 0.656. The van der Waals surface area contributed by atoms with Crippen LogP contribution in [0, 0.1) is 0 Å². The van der Waals surface area contributed by atoms with Gasteiger partial charge in [0.2, 0.25) is 0 Å². The van der Waals surface area contributed by atoms with Crippen LogP contribution in [0.5, 0.6) is 5.75 Å². The van der Waals surface area contributed by atoms with E-state index < -0.39 is 0 Å². The van der Waals surface area contributed by atoms with Gasteiger partial charge in [0.15, 0.2) is 0 Å². The highest BCUT2D eigenvalue weighted by atomic mass is 79.9. The van der Waals surface area contributed by atoms with Crippen LogP contribution < -0.4 is 4.74 Å². The number of halogens is 2. The molecule has 0 radical (unpaired) electrons. The lowest BCUT2D eigenvalue weighted by Gasteiger charge is -2.06. The summed E-state index contributed by atoms with van der Waals surface area (Å²) >= 11 is 11.2. The molecule has 0 spiro atoms. The summed E-state index contributed by atoms with van der Waals surface area (Å²) in [6, 6.07) is 3.90. The van der Waals surface area contributed by atoms with Gasteiger partial charge in [-0.05, 0) is 34.3 Å². The first kappa shape index (κ1) is 10.3. The molecule has 2 aromatic rings. The van der Waals surface area contributed by atoms with Gasteiger partial charge in [0.05, 0.1) is 20.8 Å². The van der Waals surface area contributed by atoms with E-state index in [2.05, 4.69) is 15.9 Å². The number of thiophene rings is 1. The molecule has 0 aliphatic heterocycles. The molecule has 0 amide bonds. The van der Waals surface area contributed by atoms with Crippen molar-refractivity contribution in [3.63, 3.8) is 0 Å². The van der Waals surface area contributed by atoms with Crippen LogP contribution in [-0.4, -0.2) is 6.61 Å². The Bertz CT molecular complexity index is 466. The van der Waals surface area contributed by atoms with Crippen molar-refractivity contribution in [1.82, 2.24) is 0 Å². The second-order valence-electron chi connectivity index (χ2n) is 2.77. The summed E-state index contributed by atoms with van der Waals surface area (Å²) in [6.07, 6.45) is 0. The van der Waals surface area contributed by atoms with Crippen LogP contribution >= 0.6 is 38.9 Å². The zero-order valence-electron chi connectivity index (χ0n) is 7.51. The molecule has 1 heterocycles. The Labute approximate surface area is 99.8 Å². The molecular weight excluding hydrogens is 284 g/mol. The zero-order valence-corrected chi connectivity index (χ0v) is 10.7. The maximum absolute atomic E-state index is 6.07. The van der Waals surface area contributed by atoms with Gasteiger partial charge >= 0.3 is 0 Å². The topological polar surface area (TPSA) is 9.23 Å². The molecule has 0 bridgehead atoms. The van der Waals surface area contributed by atoms with E-state index in [0.29, 0.717) is 11.6 Å². The summed E-state index contributed by atoms with van der Waals surface area (Å²) in [6.45, 7) is 2.62. The monoisotopic (exact) mass is 290 g/mol. The predicted molar refractivity (Wildman–Crippen MR) is 65.7 cm³/mol. The van der Waals surface area contributed by atoms with Gasteiger partial charge in [-0.1, -0.05) is 11.6 Å². The van der Waals surface area contributed by atoms with Gasteiger partial charge in [-0.3, -0.25) is 0 Å². The van der Waals surface area contributed by atoms with Crippen molar-refractivity contribution in [3.05, 3.63) is 27.0 Å². The van der Waals surface area contributed by atoms with Gasteiger partial charge in [-0.2, -0.15) is 0 Å².